The average molecular weight is 427 g/mol. The van der Waals surface area contributed by atoms with E-state index in [2.05, 4.69) is 21.7 Å². The van der Waals surface area contributed by atoms with Crippen molar-refractivity contribution in [1.82, 2.24) is 19.4 Å². The Bertz CT molecular complexity index is 948. The van der Waals surface area contributed by atoms with Crippen LogP contribution < -0.4 is 0 Å². The van der Waals surface area contributed by atoms with E-state index in [1.807, 2.05) is 51.7 Å². The number of aromatic nitrogens is 2. The number of rotatable bonds is 6. The first-order valence-electron chi connectivity index (χ1n) is 9.49. The molecule has 1 aliphatic rings. The molecule has 0 radical (unpaired) electrons. The predicted octanol–water partition coefficient (Wildman–Crippen LogP) is 3.07. The highest BCUT2D eigenvalue weighted by atomic mass is 32.2. The van der Waals surface area contributed by atoms with Crippen molar-refractivity contribution in [2.45, 2.75) is 11.7 Å². The van der Waals surface area contributed by atoms with Gasteiger partial charge in [-0.3, -0.25) is 9.59 Å². The molecule has 6 nitrogen and oxygen atoms in total. The SMILES string of the molecule is O=C(CSc1nccn1Cc1ccccc1)N1CCN(C(=O)c2cccs2)CC1. The second-order valence-electron chi connectivity index (χ2n) is 6.76. The zero-order valence-corrected chi connectivity index (χ0v) is 17.6. The Morgan fingerprint density at radius 2 is 1.76 bits per heavy atom. The van der Waals surface area contributed by atoms with E-state index in [0.29, 0.717) is 31.9 Å². The summed E-state index contributed by atoms with van der Waals surface area (Å²) in [4.78, 5) is 33.9. The zero-order chi connectivity index (χ0) is 20.1. The fourth-order valence-corrected chi connectivity index (χ4v) is 4.82. The fourth-order valence-electron chi connectivity index (χ4n) is 3.27. The summed E-state index contributed by atoms with van der Waals surface area (Å²) in [6, 6.07) is 13.9. The summed E-state index contributed by atoms with van der Waals surface area (Å²) in [7, 11) is 0. The molecule has 0 aliphatic carbocycles. The number of benzene rings is 1. The van der Waals surface area contributed by atoms with Crippen molar-refractivity contribution in [3.8, 4) is 0 Å². The highest BCUT2D eigenvalue weighted by Crippen LogP contribution is 2.19. The minimum Gasteiger partial charge on any atom is -0.338 e. The van der Waals surface area contributed by atoms with E-state index in [1.54, 1.807) is 6.20 Å². The lowest BCUT2D eigenvalue weighted by Crippen LogP contribution is -2.51. The van der Waals surface area contributed by atoms with Crippen molar-refractivity contribution < 1.29 is 9.59 Å². The van der Waals surface area contributed by atoms with Gasteiger partial charge in [0.25, 0.3) is 5.91 Å². The van der Waals surface area contributed by atoms with Crippen molar-refractivity contribution >= 4 is 34.9 Å². The molecule has 3 heterocycles. The number of hydrogen-bond donors (Lipinski definition) is 0. The van der Waals surface area contributed by atoms with E-state index < -0.39 is 0 Å². The lowest BCUT2D eigenvalue weighted by Gasteiger charge is -2.34. The van der Waals surface area contributed by atoms with E-state index in [1.165, 1.54) is 28.7 Å². The molecule has 0 atom stereocenters. The molecule has 1 aliphatic heterocycles. The maximum Gasteiger partial charge on any atom is 0.264 e. The maximum absolute atomic E-state index is 12.6. The molecule has 0 unspecified atom stereocenters. The van der Waals surface area contributed by atoms with Crippen LogP contribution in [0.5, 0.6) is 0 Å². The van der Waals surface area contributed by atoms with Crippen LogP contribution in [0.25, 0.3) is 0 Å². The van der Waals surface area contributed by atoms with Gasteiger partial charge in [0.15, 0.2) is 5.16 Å². The first-order valence-corrected chi connectivity index (χ1v) is 11.4. The number of nitrogens with zero attached hydrogens (tertiary/aromatic N) is 4. The summed E-state index contributed by atoms with van der Waals surface area (Å²) in [5.41, 5.74) is 1.20. The Morgan fingerprint density at radius 3 is 2.48 bits per heavy atom. The van der Waals surface area contributed by atoms with Crippen LogP contribution >= 0.6 is 23.1 Å². The van der Waals surface area contributed by atoms with Gasteiger partial charge >= 0.3 is 0 Å². The summed E-state index contributed by atoms with van der Waals surface area (Å²) in [6.45, 7) is 3.05. The van der Waals surface area contributed by atoms with Crippen LogP contribution in [0.1, 0.15) is 15.2 Å². The first kappa shape index (κ1) is 19.7. The van der Waals surface area contributed by atoms with E-state index in [9.17, 15) is 9.59 Å². The molecule has 150 valence electrons. The van der Waals surface area contributed by atoms with Gasteiger partial charge in [0, 0.05) is 45.1 Å². The molecule has 29 heavy (non-hydrogen) atoms. The molecular formula is C21H22N4O2S2. The van der Waals surface area contributed by atoms with Crippen molar-refractivity contribution in [2.75, 3.05) is 31.9 Å². The third kappa shape index (κ3) is 4.89. The smallest absolute Gasteiger partial charge is 0.264 e. The molecular weight excluding hydrogens is 404 g/mol. The number of carbonyl (C=O) groups is 2. The largest absolute Gasteiger partial charge is 0.338 e. The van der Waals surface area contributed by atoms with Crippen LogP contribution in [-0.4, -0.2) is 63.1 Å². The van der Waals surface area contributed by atoms with Crippen LogP contribution in [0.15, 0.2) is 65.4 Å². The summed E-state index contributed by atoms with van der Waals surface area (Å²) < 4.78 is 2.06. The number of thioether (sulfide) groups is 1. The minimum absolute atomic E-state index is 0.0596. The van der Waals surface area contributed by atoms with E-state index in [-0.39, 0.29) is 11.8 Å². The number of amides is 2. The molecule has 4 rings (SSSR count). The standard InChI is InChI=1S/C21H22N4O2S2/c26-19(23-10-12-24(13-11-23)20(27)18-7-4-14-28-18)16-29-21-22-8-9-25(21)15-17-5-2-1-3-6-17/h1-9,14H,10-13,15-16H2. The number of thiophene rings is 1. The molecule has 0 N–H and O–H groups in total. The van der Waals surface area contributed by atoms with Gasteiger partial charge in [-0.1, -0.05) is 48.2 Å². The first-order chi connectivity index (χ1) is 14.2. The Kier molecular flexibility index (Phi) is 6.31. The maximum atomic E-state index is 12.6. The molecule has 0 spiro atoms. The Hall–Kier alpha value is -2.58. The summed E-state index contributed by atoms with van der Waals surface area (Å²) in [5.74, 6) is 0.502. The second-order valence-corrected chi connectivity index (χ2v) is 8.65. The molecule has 0 bridgehead atoms. The van der Waals surface area contributed by atoms with E-state index >= 15 is 0 Å². The number of imidazole rings is 1. The minimum atomic E-state index is 0.0596. The van der Waals surface area contributed by atoms with Gasteiger partial charge in [-0.05, 0) is 17.0 Å². The van der Waals surface area contributed by atoms with Gasteiger partial charge in [-0.2, -0.15) is 0 Å². The van der Waals surface area contributed by atoms with E-state index in [0.717, 1.165) is 16.6 Å². The molecule has 8 heteroatoms. The number of hydrogen-bond acceptors (Lipinski definition) is 5. The van der Waals surface area contributed by atoms with Crippen LogP contribution in [0.3, 0.4) is 0 Å². The Morgan fingerprint density at radius 1 is 1.00 bits per heavy atom. The van der Waals surface area contributed by atoms with Gasteiger partial charge < -0.3 is 14.4 Å². The summed E-state index contributed by atoms with van der Waals surface area (Å²) >= 11 is 2.92. The highest BCUT2D eigenvalue weighted by molar-refractivity contribution is 7.99. The van der Waals surface area contributed by atoms with Crippen molar-refractivity contribution in [3.63, 3.8) is 0 Å². The van der Waals surface area contributed by atoms with E-state index in [4.69, 9.17) is 0 Å². The number of piperazine rings is 1. The molecule has 1 aromatic carbocycles. The molecule has 0 saturated carbocycles. The van der Waals surface area contributed by atoms with Gasteiger partial charge in [-0.25, -0.2) is 4.98 Å². The quantitative estimate of drug-likeness (QED) is 0.569. The van der Waals surface area contributed by atoms with Gasteiger partial charge in [-0.15, -0.1) is 11.3 Å². The molecule has 3 aromatic rings. The monoisotopic (exact) mass is 426 g/mol. The molecule has 1 fully saturated rings. The highest BCUT2D eigenvalue weighted by Gasteiger charge is 2.25. The van der Waals surface area contributed by atoms with Crippen molar-refractivity contribution in [3.05, 3.63) is 70.7 Å². The normalized spacial score (nSPS) is 14.2. The summed E-state index contributed by atoms with van der Waals surface area (Å²) in [5, 5.41) is 2.75. The topological polar surface area (TPSA) is 58.4 Å². The lowest BCUT2D eigenvalue weighted by molar-refractivity contribution is -0.129. The van der Waals surface area contributed by atoms with Crippen LogP contribution in [0.4, 0.5) is 0 Å². The van der Waals surface area contributed by atoms with Gasteiger partial charge in [0.05, 0.1) is 10.6 Å². The second kappa shape index (κ2) is 9.28. The van der Waals surface area contributed by atoms with Gasteiger partial charge in [0.1, 0.15) is 0 Å². The molecule has 2 aromatic heterocycles. The lowest BCUT2D eigenvalue weighted by atomic mass is 10.2. The third-order valence-electron chi connectivity index (χ3n) is 4.85. The van der Waals surface area contributed by atoms with Crippen LogP contribution in [0, 0.1) is 0 Å². The van der Waals surface area contributed by atoms with Crippen molar-refractivity contribution in [1.29, 1.82) is 0 Å². The Balaban J connectivity index is 1.27. The third-order valence-corrected chi connectivity index (χ3v) is 6.70. The average Bonchev–Trinajstić information content (AvgIpc) is 3.45. The number of carbonyl (C=O) groups excluding carboxylic acids is 2. The molecule has 2 amide bonds. The molecule has 1 saturated heterocycles. The Labute approximate surface area is 178 Å². The summed E-state index contributed by atoms with van der Waals surface area (Å²) in [6.07, 6.45) is 3.71. The fraction of sp³-hybridized carbons (Fsp3) is 0.286. The zero-order valence-electron chi connectivity index (χ0n) is 15.9. The predicted molar refractivity (Wildman–Crippen MR) is 115 cm³/mol. The van der Waals surface area contributed by atoms with Crippen LogP contribution in [-0.2, 0) is 11.3 Å². The van der Waals surface area contributed by atoms with Crippen molar-refractivity contribution in [2.24, 2.45) is 0 Å². The van der Waals surface area contributed by atoms with Crippen LogP contribution in [0.2, 0.25) is 0 Å². The van der Waals surface area contributed by atoms with Gasteiger partial charge in [0.2, 0.25) is 5.91 Å².